The Morgan fingerprint density at radius 2 is 1.93 bits per heavy atom. The van der Waals surface area contributed by atoms with Crippen molar-refractivity contribution in [2.75, 3.05) is 23.3 Å². The van der Waals surface area contributed by atoms with Crippen LogP contribution >= 0.6 is 0 Å². The molecule has 7 heteroatoms. The van der Waals surface area contributed by atoms with Gasteiger partial charge in [-0.05, 0) is 49.2 Å². The molecule has 0 bridgehead atoms. The summed E-state index contributed by atoms with van der Waals surface area (Å²) in [5, 5.41) is 15.2. The molecule has 1 aliphatic rings. The van der Waals surface area contributed by atoms with Crippen LogP contribution in [0.4, 0.5) is 17.1 Å². The van der Waals surface area contributed by atoms with E-state index in [1.807, 2.05) is 23.1 Å². The van der Waals surface area contributed by atoms with Gasteiger partial charge in [0.25, 0.3) is 11.6 Å². The summed E-state index contributed by atoms with van der Waals surface area (Å²) in [6.45, 7) is 1.60. The summed E-state index contributed by atoms with van der Waals surface area (Å²) < 4.78 is 0. The van der Waals surface area contributed by atoms with Crippen LogP contribution in [0.3, 0.4) is 0 Å². The Hall–Kier alpha value is -3.48. The minimum atomic E-state index is -0.424. The maximum atomic E-state index is 12.7. The second-order valence-corrected chi connectivity index (χ2v) is 6.48. The molecule has 136 valence electrons. The third kappa shape index (κ3) is 3.31. The summed E-state index contributed by atoms with van der Waals surface area (Å²) in [4.78, 5) is 30.1. The zero-order chi connectivity index (χ0) is 18.8. The normalized spacial score (nSPS) is 13.7. The summed E-state index contributed by atoms with van der Waals surface area (Å²) in [7, 11) is 0. The number of benzene rings is 2. The maximum Gasteiger partial charge on any atom is 0.293 e. The second kappa shape index (κ2) is 7.03. The summed E-state index contributed by atoms with van der Waals surface area (Å²) in [6.07, 6.45) is 3.73. The molecule has 1 N–H and O–H groups in total. The molecule has 1 aliphatic heterocycles. The lowest BCUT2D eigenvalue weighted by atomic mass is 10.1. The summed E-state index contributed by atoms with van der Waals surface area (Å²) in [6, 6.07) is 13.8. The van der Waals surface area contributed by atoms with Crippen LogP contribution < -0.4 is 10.2 Å². The number of anilines is 2. The predicted octanol–water partition coefficient (Wildman–Crippen LogP) is 4.00. The Kier molecular flexibility index (Phi) is 4.42. The number of pyridine rings is 1. The topological polar surface area (TPSA) is 88.4 Å². The first-order valence-corrected chi connectivity index (χ1v) is 8.82. The van der Waals surface area contributed by atoms with Gasteiger partial charge in [0.15, 0.2) is 0 Å². The van der Waals surface area contributed by atoms with Gasteiger partial charge >= 0.3 is 0 Å². The Morgan fingerprint density at radius 1 is 1.11 bits per heavy atom. The molecule has 0 radical (unpaired) electrons. The maximum absolute atomic E-state index is 12.7. The van der Waals surface area contributed by atoms with E-state index in [1.165, 1.54) is 6.07 Å². The zero-order valence-corrected chi connectivity index (χ0v) is 14.6. The van der Waals surface area contributed by atoms with Gasteiger partial charge in [-0.1, -0.05) is 6.07 Å². The molecule has 27 heavy (non-hydrogen) atoms. The van der Waals surface area contributed by atoms with Crippen LogP contribution in [-0.2, 0) is 0 Å². The summed E-state index contributed by atoms with van der Waals surface area (Å²) in [5.74, 6) is -0.387. The second-order valence-electron chi connectivity index (χ2n) is 6.48. The number of nitro benzene ring substituents is 1. The molecule has 0 spiro atoms. The highest BCUT2D eigenvalue weighted by Gasteiger charge is 2.24. The lowest BCUT2D eigenvalue weighted by Gasteiger charge is -2.18. The van der Waals surface area contributed by atoms with Gasteiger partial charge in [-0.3, -0.25) is 19.9 Å². The van der Waals surface area contributed by atoms with Crippen LogP contribution in [0.25, 0.3) is 10.9 Å². The number of nitro groups is 1. The van der Waals surface area contributed by atoms with E-state index in [0.717, 1.165) is 36.8 Å². The van der Waals surface area contributed by atoms with E-state index in [9.17, 15) is 14.9 Å². The van der Waals surface area contributed by atoms with Gasteiger partial charge in [-0.25, -0.2) is 0 Å². The number of hydrogen-bond donors (Lipinski definition) is 1. The number of aromatic nitrogens is 1. The van der Waals surface area contributed by atoms with Crippen molar-refractivity contribution in [1.29, 1.82) is 0 Å². The van der Waals surface area contributed by atoms with Crippen molar-refractivity contribution in [2.45, 2.75) is 12.8 Å². The molecule has 3 aromatic rings. The van der Waals surface area contributed by atoms with Crippen LogP contribution in [0.5, 0.6) is 0 Å². The van der Waals surface area contributed by atoms with Crippen molar-refractivity contribution in [2.24, 2.45) is 0 Å². The molecule has 0 saturated carbocycles. The van der Waals surface area contributed by atoms with Gasteiger partial charge in [0.2, 0.25) is 0 Å². The molecule has 1 saturated heterocycles. The molecule has 1 amide bonds. The van der Waals surface area contributed by atoms with Crippen LogP contribution in [0.1, 0.15) is 23.2 Å². The highest BCUT2D eigenvalue weighted by atomic mass is 16.6. The van der Waals surface area contributed by atoms with Crippen LogP contribution in [0.15, 0.2) is 54.7 Å². The molecule has 0 atom stereocenters. The molecular weight excluding hydrogens is 344 g/mol. The van der Waals surface area contributed by atoms with Gasteiger partial charge in [0, 0.05) is 36.3 Å². The van der Waals surface area contributed by atoms with Crippen LogP contribution in [0, 0.1) is 10.1 Å². The SMILES string of the molecule is O=C(Nc1cccc2ncccc12)c1ccc(N2CCCC2)c([N+](=O)[O-])c1. The molecule has 0 aliphatic carbocycles. The van der Waals surface area contributed by atoms with E-state index in [1.54, 1.807) is 30.5 Å². The number of hydrogen-bond acceptors (Lipinski definition) is 5. The van der Waals surface area contributed by atoms with Gasteiger partial charge in [-0.15, -0.1) is 0 Å². The van der Waals surface area contributed by atoms with Crippen molar-refractivity contribution in [3.05, 3.63) is 70.4 Å². The largest absolute Gasteiger partial charge is 0.366 e. The molecule has 4 rings (SSSR count). The molecule has 0 unspecified atom stereocenters. The Bertz CT molecular complexity index is 1020. The van der Waals surface area contributed by atoms with Crippen molar-refractivity contribution in [3.8, 4) is 0 Å². The number of nitrogens with zero attached hydrogens (tertiary/aromatic N) is 3. The van der Waals surface area contributed by atoms with Gasteiger partial charge in [0.1, 0.15) is 5.69 Å². The molecule has 2 heterocycles. The molecule has 7 nitrogen and oxygen atoms in total. The van der Waals surface area contributed by atoms with Gasteiger partial charge in [0.05, 0.1) is 16.1 Å². The third-order valence-electron chi connectivity index (χ3n) is 4.77. The monoisotopic (exact) mass is 362 g/mol. The van der Waals surface area contributed by atoms with E-state index >= 15 is 0 Å². The van der Waals surface area contributed by atoms with E-state index < -0.39 is 4.92 Å². The average Bonchev–Trinajstić information content (AvgIpc) is 3.22. The summed E-state index contributed by atoms with van der Waals surface area (Å²) in [5.41, 5.74) is 2.18. The lowest BCUT2D eigenvalue weighted by molar-refractivity contribution is -0.384. The standard InChI is InChI=1S/C20H18N4O3/c25-20(22-17-7-3-6-16-15(17)5-4-10-21-16)14-8-9-18(19(13-14)24(26)27)23-11-1-2-12-23/h3-10,13H,1-2,11-12H2,(H,22,25). The molecule has 1 aromatic heterocycles. The smallest absolute Gasteiger partial charge is 0.293 e. The van der Waals surface area contributed by atoms with E-state index in [0.29, 0.717) is 11.4 Å². The van der Waals surface area contributed by atoms with E-state index in [2.05, 4.69) is 10.3 Å². The highest BCUT2D eigenvalue weighted by molar-refractivity contribution is 6.09. The first kappa shape index (κ1) is 17.0. The van der Waals surface area contributed by atoms with Crippen LogP contribution in [0.2, 0.25) is 0 Å². The fourth-order valence-electron chi connectivity index (χ4n) is 3.44. The summed E-state index contributed by atoms with van der Waals surface area (Å²) >= 11 is 0. The Labute approximate surface area is 155 Å². The third-order valence-corrected chi connectivity index (χ3v) is 4.77. The number of amides is 1. The van der Waals surface area contributed by atoms with E-state index in [4.69, 9.17) is 0 Å². The van der Waals surface area contributed by atoms with Crippen LogP contribution in [-0.4, -0.2) is 28.9 Å². The Morgan fingerprint density at radius 3 is 2.70 bits per heavy atom. The number of carbonyl (C=O) groups is 1. The highest BCUT2D eigenvalue weighted by Crippen LogP contribution is 2.32. The minimum absolute atomic E-state index is 0.0378. The molecule has 1 fully saturated rings. The van der Waals surface area contributed by atoms with Crippen molar-refractivity contribution in [1.82, 2.24) is 4.98 Å². The number of fused-ring (bicyclic) bond motifs is 1. The van der Waals surface area contributed by atoms with Gasteiger partial charge in [-0.2, -0.15) is 0 Å². The average molecular weight is 362 g/mol. The molecule has 2 aromatic carbocycles. The molecular formula is C20H18N4O3. The minimum Gasteiger partial charge on any atom is -0.366 e. The number of carbonyl (C=O) groups excluding carboxylic acids is 1. The Balaban J connectivity index is 1.65. The first-order valence-electron chi connectivity index (χ1n) is 8.82. The van der Waals surface area contributed by atoms with Crippen molar-refractivity contribution < 1.29 is 9.72 Å². The van der Waals surface area contributed by atoms with Crippen molar-refractivity contribution >= 4 is 33.9 Å². The van der Waals surface area contributed by atoms with Gasteiger partial charge < -0.3 is 10.2 Å². The zero-order valence-electron chi connectivity index (χ0n) is 14.6. The lowest BCUT2D eigenvalue weighted by Crippen LogP contribution is -2.19. The number of rotatable bonds is 4. The predicted molar refractivity (Wildman–Crippen MR) is 104 cm³/mol. The quantitative estimate of drug-likeness (QED) is 0.560. The fourth-order valence-corrected chi connectivity index (χ4v) is 3.44. The van der Waals surface area contributed by atoms with Crippen molar-refractivity contribution in [3.63, 3.8) is 0 Å². The van der Waals surface area contributed by atoms with E-state index in [-0.39, 0.29) is 17.2 Å². The first-order chi connectivity index (χ1) is 13.1. The number of nitrogens with one attached hydrogen (secondary N) is 1. The fraction of sp³-hybridized carbons (Fsp3) is 0.200.